The van der Waals surface area contributed by atoms with Crippen LogP contribution in [0.4, 0.5) is 0 Å². The predicted octanol–water partition coefficient (Wildman–Crippen LogP) is 2.07. The van der Waals surface area contributed by atoms with Crippen LogP contribution in [0.2, 0.25) is 0 Å². The van der Waals surface area contributed by atoms with Gasteiger partial charge < -0.3 is 9.84 Å². The second-order valence-electron chi connectivity index (χ2n) is 5.29. The van der Waals surface area contributed by atoms with E-state index in [1.165, 1.54) is 23.8 Å². The molecule has 0 bridgehead atoms. The van der Waals surface area contributed by atoms with Gasteiger partial charge in [0, 0.05) is 11.6 Å². The number of phenolic OH excluding ortho intramolecular Hbond substituents is 1. The summed E-state index contributed by atoms with van der Waals surface area (Å²) in [6.45, 7) is 2.22. The first-order valence-electron chi connectivity index (χ1n) is 8.05. The number of ether oxygens (including phenoxy) is 1. The normalized spacial score (nSPS) is 10.9. The number of nitrogens with zero attached hydrogens (tertiary/aromatic N) is 1. The van der Waals surface area contributed by atoms with Gasteiger partial charge in [-0.05, 0) is 54.5 Å². The molecule has 140 valence electrons. The van der Waals surface area contributed by atoms with Gasteiger partial charge in [-0.2, -0.15) is 5.10 Å². The van der Waals surface area contributed by atoms with Crippen molar-refractivity contribution in [3.63, 3.8) is 0 Å². The van der Waals surface area contributed by atoms with Gasteiger partial charge in [-0.1, -0.05) is 12.1 Å². The number of hydrogen-bond donors (Lipinski definition) is 4. The van der Waals surface area contributed by atoms with Gasteiger partial charge in [0.1, 0.15) is 0 Å². The van der Waals surface area contributed by atoms with Crippen LogP contribution >= 0.6 is 0 Å². The zero-order chi connectivity index (χ0) is 19.6. The van der Waals surface area contributed by atoms with Gasteiger partial charge in [0.15, 0.2) is 11.5 Å². The van der Waals surface area contributed by atoms with Gasteiger partial charge >= 0.3 is 0 Å². The van der Waals surface area contributed by atoms with E-state index >= 15 is 0 Å². The number of phenols is 1. The Bertz CT molecular complexity index is 877. The summed E-state index contributed by atoms with van der Waals surface area (Å²) in [7, 11) is 0. The van der Waals surface area contributed by atoms with Crippen LogP contribution in [-0.2, 0) is 4.79 Å². The zero-order valence-corrected chi connectivity index (χ0v) is 14.5. The quantitative estimate of drug-likeness (QED) is 0.258. The van der Waals surface area contributed by atoms with E-state index in [-0.39, 0.29) is 5.75 Å². The number of hydrogen-bond acceptors (Lipinski definition) is 6. The lowest BCUT2D eigenvalue weighted by molar-refractivity contribution is -0.124. The van der Waals surface area contributed by atoms with Crippen molar-refractivity contribution in [3.8, 4) is 11.5 Å². The van der Waals surface area contributed by atoms with Gasteiger partial charge in [-0.25, -0.2) is 10.9 Å². The molecule has 2 rings (SSSR count). The minimum atomic E-state index is -0.672. The number of benzene rings is 2. The van der Waals surface area contributed by atoms with Crippen LogP contribution in [0.5, 0.6) is 11.5 Å². The summed E-state index contributed by atoms with van der Waals surface area (Å²) in [5, 5.41) is 22.0. The molecule has 0 aromatic heterocycles. The molecule has 2 aromatic carbocycles. The van der Waals surface area contributed by atoms with Gasteiger partial charge in [0.05, 0.1) is 12.8 Å². The molecule has 0 atom stereocenters. The lowest BCUT2D eigenvalue weighted by atomic mass is 10.1. The molecule has 0 radical (unpaired) electrons. The lowest BCUT2D eigenvalue weighted by Gasteiger charge is -2.06. The summed E-state index contributed by atoms with van der Waals surface area (Å²) >= 11 is 0. The molecule has 0 saturated heterocycles. The molecule has 0 aliphatic rings. The van der Waals surface area contributed by atoms with Crippen LogP contribution in [0.3, 0.4) is 0 Å². The van der Waals surface area contributed by atoms with Gasteiger partial charge in [0.2, 0.25) is 0 Å². The van der Waals surface area contributed by atoms with Crippen LogP contribution < -0.4 is 15.6 Å². The summed E-state index contributed by atoms with van der Waals surface area (Å²) in [4.78, 5) is 23.2. The molecule has 4 N–H and O–H groups in total. The highest BCUT2D eigenvalue weighted by atomic mass is 16.5. The number of hydroxylamine groups is 1. The zero-order valence-electron chi connectivity index (χ0n) is 14.5. The third-order valence-corrected chi connectivity index (χ3v) is 3.35. The number of aromatic hydroxyl groups is 1. The van der Waals surface area contributed by atoms with Crippen molar-refractivity contribution < 1.29 is 24.6 Å². The summed E-state index contributed by atoms with van der Waals surface area (Å²) in [6, 6.07) is 11.2. The van der Waals surface area contributed by atoms with E-state index in [2.05, 4.69) is 10.5 Å². The Kier molecular flexibility index (Phi) is 7.09. The lowest BCUT2D eigenvalue weighted by Crippen LogP contribution is -2.17. The molecular formula is C19H19N3O5. The van der Waals surface area contributed by atoms with E-state index in [1.54, 1.807) is 43.3 Å². The van der Waals surface area contributed by atoms with Crippen LogP contribution in [0, 0.1) is 0 Å². The molecule has 0 unspecified atom stereocenters. The molecular weight excluding hydrogens is 350 g/mol. The van der Waals surface area contributed by atoms with E-state index in [0.29, 0.717) is 29.0 Å². The Balaban J connectivity index is 2.03. The summed E-state index contributed by atoms with van der Waals surface area (Å²) in [5.41, 5.74) is 5.48. The minimum Gasteiger partial charge on any atom is -0.504 e. The Hall–Kier alpha value is -3.65. The average molecular weight is 369 g/mol. The Labute approximate surface area is 155 Å². The number of carbonyl (C=O) groups is 2. The van der Waals surface area contributed by atoms with E-state index < -0.39 is 11.8 Å². The highest BCUT2D eigenvalue weighted by Gasteiger charge is 2.05. The summed E-state index contributed by atoms with van der Waals surface area (Å²) < 4.78 is 5.29. The Morgan fingerprint density at radius 1 is 1.19 bits per heavy atom. The third kappa shape index (κ3) is 5.98. The fraction of sp³-hybridized carbons (Fsp3) is 0.105. The highest BCUT2D eigenvalue weighted by Crippen LogP contribution is 2.26. The summed E-state index contributed by atoms with van der Waals surface area (Å²) in [6.07, 6.45) is 4.02. The molecule has 27 heavy (non-hydrogen) atoms. The second kappa shape index (κ2) is 9.73. The van der Waals surface area contributed by atoms with Crippen LogP contribution in [0.1, 0.15) is 28.4 Å². The largest absolute Gasteiger partial charge is 0.504 e. The molecule has 0 aliphatic heterocycles. The number of carbonyl (C=O) groups excluding carboxylic acids is 2. The van der Waals surface area contributed by atoms with Gasteiger partial charge in [-0.15, -0.1) is 0 Å². The maximum absolute atomic E-state index is 12.2. The average Bonchev–Trinajstić information content (AvgIpc) is 2.68. The molecule has 0 spiro atoms. The third-order valence-electron chi connectivity index (χ3n) is 3.35. The number of amides is 2. The molecule has 0 aliphatic carbocycles. The topological polar surface area (TPSA) is 120 Å². The Morgan fingerprint density at radius 3 is 2.74 bits per heavy atom. The molecule has 0 saturated carbocycles. The van der Waals surface area contributed by atoms with Crippen LogP contribution in [0.25, 0.3) is 6.08 Å². The Morgan fingerprint density at radius 2 is 2.00 bits per heavy atom. The van der Waals surface area contributed by atoms with E-state index in [0.717, 1.165) is 6.08 Å². The molecule has 0 heterocycles. The first kappa shape index (κ1) is 19.7. The standard InChI is InChI=1S/C19H19N3O5/c1-2-27-17-11-14(6-8-16(17)23)12-20-21-19(25)15-5-3-4-13(10-15)7-9-18(24)22-26/h3-12,23,26H,2H2,1H3,(H,21,25)(H,22,24)/b9-7+,20-12+. The maximum atomic E-state index is 12.2. The smallest absolute Gasteiger partial charge is 0.271 e. The minimum absolute atomic E-state index is 0.0257. The second-order valence-corrected chi connectivity index (χ2v) is 5.29. The number of rotatable bonds is 7. The van der Waals surface area contributed by atoms with Crippen LogP contribution in [0.15, 0.2) is 53.6 Å². The first-order chi connectivity index (χ1) is 13.0. The van der Waals surface area contributed by atoms with Crippen molar-refractivity contribution in [2.75, 3.05) is 6.61 Å². The fourth-order valence-electron chi connectivity index (χ4n) is 2.10. The molecule has 8 nitrogen and oxygen atoms in total. The van der Waals surface area contributed by atoms with E-state index in [9.17, 15) is 14.7 Å². The fourth-order valence-corrected chi connectivity index (χ4v) is 2.10. The van der Waals surface area contributed by atoms with Gasteiger partial charge in [0.25, 0.3) is 11.8 Å². The number of nitrogens with one attached hydrogen (secondary N) is 2. The van der Waals surface area contributed by atoms with Gasteiger partial charge in [-0.3, -0.25) is 14.8 Å². The predicted molar refractivity (Wildman–Crippen MR) is 99.7 cm³/mol. The van der Waals surface area contributed by atoms with Crippen molar-refractivity contribution in [1.82, 2.24) is 10.9 Å². The molecule has 8 heteroatoms. The maximum Gasteiger partial charge on any atom is 0.271 e. The first-order valence-corrected chi connectivity index (χ1v) is 8.05. The van der Waals surface area contributed by atoms with E-state index in [1.807, 2.05) is 0 Å². The summed E-state index contributed by atoms with van der Waals surface area (Å²) in [5.74, 6) is -0.747. The van der Waals surface area contributed by atoms with Crippen molar-refractivity contribution in [2.24, 2.45) is 5.10 Å². The molecule has 0 fully saturated rings. The SMILES string of the molecule is CCOc1cc(/C=N/NC(=O)c2cccc(/C=C/C(=O)NO)c2)ccc1O. The van der Waals surface area contributed by atoms with Crippen molar-refractivity contribution in [2.45, 2.75) is 6.92 Å². The van der Waals surface area contributed by atoms with E-state index in [4.69, 9.17) is 9.94 Å². The number of hydrazone groups is 1. The van der Waals surface area contributed by atoms with Crippen molar-refractivity contribution in [1.29, 1.82) is 0 Å². The molecule has 2 aromatic rings. The molecule has 2 amide bonds. The van der Waals surface area contributed by atoms with Crippen LogP contribution in [-0.4, -0.2) is 34.9 Å². The van der Waals surface area contributed by atoms with Crippen molar-refractivity contribution in [3.05, 3.63) is 65.2 Å². The van der Waals surface area contributed by atoms with Crippen molar-refractivity contribution >= 4 is 24.1 Å². The highest BCUT2D eigenvalue weighted by molar-refractivity contribution is 5.96. The monoisotopic (exact) mass is 369 g/mol.